The van der Waals surface area contributed by atoms with Crippen molar-refractivity contribution < 1.29 is 4.74 Å². The Morgan fingerprint density at radius 1 is 1.14 bits per heavy atom. The summed E-state index contributed by atoms with van der Waals surface area (Å²) < 4.78 is 5.62. The average molecular weight is 284 g/mol. The average Bonchev–Trinajstić information content (AvgIpc) is 2.49. The lowest BCUT2D eigenvalue weighted by Gasteiger charge is -2.20. The third-order valence-electron chi connectivity index (χ3n) is 3.33. The van der Waals surface area contributed by atoms with Gasteiger partial charge in [-0.3, -0.25) is 4.98 Å². The van der Waals surface area contributed by atoms with E-state index in [-0.39, 0.29) is 6.04 Å². The summed E-state index contributed by atoms with van der Waals surface area (Å²) in [5.41, 5.74) is 3.58. The summed E-state index contributed by atoms with van der Waals surface area (Å²) in [4.78, 5) is 4.33. The van der Waals surface area contributed by atoms with Crippen LogP contribution in [-0.2, 0) is 0 Å². The Labute approximate surface area is 127 Å². The number of aromatic nitrogens is 1. The molecule has 0 aliphatic carbocycles. The first-order valence-corrected chi connectivity index (χ1v) is 7.62. The highest BCUT2D eigenvalue weighted by molar-refractivity contribution is 5.36. The monoisotopic (exact) mass is 284 g/mol. The molecule has 112 valence electrons. The number of benzene rings is 1. The zero-order valence-electron chi connectivity index (χ0n) is 13.1. The van der Waals surface area contributed by atoms with Crippen molar-refractivity contribution in [1.82, 2.24) is 10.3 Å². The maximum atomic E-state index is 5.62. The third kappa shape index (κ3) is 4.30. The predicted molar refractivity (Wildman–Crippen MR) is 86.7 cm³/mol. The molecule has 21 heavy (non-hydrogen) atoms. The first-order chi connectivity index (χ1) is 10.2. The minimum atomic E-state index is 0.151. The fourth-order valence-corrected chi connectivity index (χ4v) is 2.40. The van der Waals surface area contributed by atoms with Crippen LogP contribution in [0.1, 0.15) is 43.0 Å². The number of hydrogen-bond donors (Lipinski definition) is 1. The molecule has 0 aliphatic heterocycles. The van der Waals surface area contributed by atoms with E-state index in [1.165, 1.54) is 16.7 Å². The summed E-state index contributed by atoms with van der Waals surface area (Å²) in [5.74, 6) is 0.916. The highest BCUT2D eigenvalue weighted by Gasteiger charge is 2.14. The zero-order valence-corrected chi connectivity index (χ0v) is 13.1. The van der Waals surface area contributed by atoms with Gasteiger partial charge in [-0.15, -0.1) is 0 Å². The van der Waals surface area contributed by atoms with Gasteiger partial charge in [0.15, 0.2) is 0 Å². The molecule has 0 amide bonds. The highest BCUT2D eigenvalue weighted by atomic mass is 16.5. The van der Waals surface area contributed by atoms with Gasteiger partial charge in [0.1, 0.15) is 5.75 Å². The van der Waals surface area contributed by atoms with Crippen LogP contribution < -0.4 is 10.1 Å². The number of pyridine rings is 1. The Kier molecular flexibility index (Phi) is 5.76. The minimum Gasteiger partial charge on any atom is -0.494 e. The Balaban J connectivity index is 2.33. The second kappa shape index (κ2) is 7.79. The summed E-state index contributed by atoms with van der Waals surface area (Å²) in [5, 5.41) is 3.60. The maximum absolute atomic E-state index is 5.62. The molecule has 1 N–H and O–H groups in total. The van der Waals surface area contributed by atoms with E-state index in [1.807, 2.05) is 31.5 Å². The Morgan fingerprint density at radius 3 is 2.71 bits per heavy atom. The normalized spacial score (nSPS) is 12.1. The first-order valence-electron chi connectivity index (χ1n) is 7.62. The smallest absolute Gasteiger partial charge is 0.119 e. The zero-order chi connectivity index (χ0) is 15.1. The quantitative estimate of drug-likeness (QED) is 0.838. The van der Waals surface area contributed by atoms with Gasteiger partial charge < -0.3 is 10.1 Å². The molecular formula is C18H24N2O. The molecule has 0 saturated carbocycles. The summed E-state index contributed by atoms with van der Waals surface area (Å²) in [6, 6.07) is 10.6. The summed E-state index contributed by atoms with van der Waals surface area (Å²) in [7, 11) is 0. The van der Waals surface area contributed by atoms with E-state index in [1.54, 1.807) is 0 Å². The molecule has 3 nitrogen and oxygen atoms in total. The summed E-state index contributed by atoms with van der Waals surface area (Å²) in [6.45, 7) is 7.91. The van der Waals surface area contributed by atoms with Crippen molar-refractivity contribution in [1.29, 1.82) is 0 Å². The topological polar surface area (TPSA) is 34.2 Å². The van der Waals surface area contributed by atoms with Gasteiger partial charge in [-0.05, 0) is 55.6 Å². The van der Waals surface area contributed by atoms with Crippen molar-refractivity contribution in [2.45, 2.75) is 33.2 Å². The molecule has 3 heteroatoms. The second-order valence-electron chi connectivity index (χ2n) is 5.19. The van der Waals surface area contributed by atoms with Gasteiger partial charge in [0, 0.05) is 12.4 Å². The van der Waals surface area contributed by atoms with Crippen molar-refractivity contribution in [3.8, 4) is 5.75 Å². The van der Waals surface area contributed by atoms with E-state index in [0.717, 1.165) is 18.7 Å². The maximum Gasteiger partial charge on any atom is 0.119 e. The van der Waals surface area contributed by atoms with Crippen LogP contribution in [-0.4, -0.2) is 18.1 Å². The van der Waals surface area contributed by atoms with Gasteiger partial charge in [0.25, 0.3) is 0 Å². The van der Waals surface area contributed by atoms with Crippen LogP contribution in [0.15, 0.2) is 42.7 Å². The third-order valence-corrected chi connectivity index (χ3v) is 3.33. The number of nitrogens with zero attached hydrogens (tertiary/aromatic N) is 1. The van der Waals surface area contributed by atoms with Crippen LogP contribution in [0.2, 0.25) is 0 Å². The second-order valence-corrected chi connectivity index (χ2v) is 5.19. The van der Waals surface area contributed by atoms with Crippen molar-refractivity contribution >= 4 is 0 Å². The summed E-state index contributed by atoms with van der Waals surface area (Å²) in [6.07, 6.45) is 4.92. The van der Waals surface area contributed by atoms with Crippen molar-refractivity contribution in [3.63, 3.8) is 0 Å². The summed E-state index contributed by atoms with van der Waals surface area (Å²) >= 11 is 0. The number of aryl methyl sites for hydroxylation is 1. The van der Waals surface area contributed by atoms with E-state index in [4.69, 9.17) is 4.74 Å². The molecule has 1 aromatic heterocycles. The Bertz CT molecular complexity index is 569. The molecule has 0 bridgehead atoms. The number of ether oxygens (including phenoxy) is 1. The van der Waals surface area contributed by atoms with Gasteiger partial charge in [0.05, 0.1) is 12.6 Å². The van der Waals surface area contributed by atoms with E-state index < -0.39 is 0 Å². The molecule has 0 aliphatic rings. The SMILES string of the molecule is CCCNC(c1cncc(C)c1)c1cccc(OCC)c1. The number of nitrogens with one attached hydrogen (secondary N) is 1. The fourth-order valence-electron chi connectivity index (χ4n) is 2.40. The van der Waals surface area contributed by atoms with Gasteiger partial charge >= 0.3 is 0 Å². The fraction of sp³-hybridized carbons (Fsp3) is 0.389. The molecule has 1 unspecified atom stereocenters. The highest BCUT2D eigenvalue weighted by Crippen LogP contribution is 2.25. The van der Waals surface area contributed by atoms with Crippen molar-refractivity contribution in [2.24, 2.45) is 0 Å². The van der Waals surface area contributed by atoms with Crippen molar-refractivity contribution in [3.05, 3.63) is 59.4 Å². The van der Waals surface area contributed by atoms with Crippen LogP contribution in [0.3, 0.4) is 0 Å². The first kappa shape index (κ1) is 15.5. The van der Waals surface area contributed by atoms with Crippen LogP contribution >= 0.6 is 0 Å². The van der Waals surface area contributed by atoms with E-state index in [2.05, 4.69) is 42.3 Å². The van der Waals surface area contributed by atoms with Gasteiger partial charge in [-0.1, -0.05) is 25.1 Å². The lowest BCUT2D eigenvalue weighted by atomic mass is 9.99. The largest absolute Gasteiger partial charge is 0.494 e. The van der Waals surface area contributed by atoms with Gasteiger partial charge in [-0.25, -0.2) is 0 Å². The van der Waals surface area contributed by atoms with Gasteiger partial charge in [0.2, 0.25) is 0 Å². The number of hydrogen-bond acceptors (Lipinski definition) is 3. The lowest BCUT2D eigenvalue weighted by molar-refractivity contribution is 0.339. The van der Waals surface area contributed by atoms with Crippen LogP contribution in [0.25, 0.3) is 0 Å². The van der Waals surface area contributed by atoms with Crippen LogP contribution in [0, 0.1) is 6.92 Å². The van der Waals surface area contributed by atoms with E-state index >= 15 is 0 Å². The van der Waals surface area contributed by atoms with E-state index in [0.29, 0.717) is 6.61 Å². The molecule has 0 spiro atoms. The minimum absolute atomic E-state index is 0.151. The molecule has 0 saturated heterocycles. The van der Waals surface area contributed by atoms with Crippen LogP contribution in [0.4, 0.5) is 0 Å². The molecular weight excluding hydrogens is 260 g/mol. The molecule has 1 atom stereocenters. The van der Waals surface area contributed by atoms with Gasteiger partial charge in [-0.2, -0.15) is 0 Å². The molecule has 1 heterocycles. The molecule has 0 fully saturated rings. The molecule has 0 radical (unpaired) electrons. The Morgan fingerprint density at radius 2 is 2.00 bits per heavy atom. The molecule has 1 aromatic carbocycles. The Hall–Kier alpha value is -1.87. The lowest BCUT2D eigenvalue weighted by Crippen LogP contribution is -2.23. The molecule has 2 rings (SSSR count). The molecule has 2 aromatic rings. The van der Waals surface area contributed by atoms with Crippen LogP contribution in [0.5, 0.6) is 5.75 Å². The van der Waals surface area contributed by atoms with Crippen molar-refractivity contribution in [2.75, 3.05) is 13.2 Å². The number of rotatable bonds is 7. The standard InChI is InChI=1S/C18H24N2O/c1-4-9-20-18(16-10-14(3)12-19-13-16)15-7-6-8-17(11-15)21-5-2/h6-8,10-13,18,20H,4-5,9H2,1-3H3. The van der Waals surface area contributed by atoms with E-state index in [9.17, 15) is 0 Å². The predicted octanol–water partition coefficient (Wildman–Crippen LogP) is 3.88.